The quantitative estimate of drug-likeness (QED) is 0.0320. The highest BCUT2D eigenvalue weighted by atomic mass is 16.5. The van der Waals surface area contributed by atoms with Crippen molar-refractivity contribution >= 4 is 11.9 Å². The molecule has 0 spiro atoms. The topological polar surface area (TPSA) is 95.9 Å². The van der Waals surface area contributed by atoms with Gasteiger partial charge in [0, 0.05) is 12.8 Å². The van der Waals surface area contributed by atoms with E-state index in [2.05, 4.69) is 31.3 Å². The zero-order valence-corrected chi connectivity index (χ0v) is 49.6. The molecule has 2 unspecified atom stereocenters. The molecule has 434 valence electrons. The fraction of sp³-hybridized carbons (Fsp3) is 0.940. The number of unbranched alkanes of at least 4 members (excludes halogenated alkanes) is 50. The van der Waals surface area contributed by atoms with Gasteiger partial charge in [-0.2, -0.15) is 0 Å². The van der Waals surface area contributed by atoms with E-state index in [0.717, 1.165) is 38.5 Å². The second-order valence-corrected chi connectivity index (χ2v) is 23.2. The lowest BCUT2D eigenvalue weighted by molar-refractivity contribution is -0.143. The predicted octanol–water partition coefficient (Wildman–Crippen LogP) is 21.2. The van der Waals surface area contributed by atoms with Crippen LogP contribution in [0, 0.1) is 0 Å². The molecule has 0 aliphatic rings. The number of esters is 1. The van der Waals surface area contributed by atoms with Crippen LogP contribution >= 0.6 is 0 Å². The Labute approximate surface area is 457 Å². The minimum absolute atomic E-state index is 0.00704. The molecule has 0 aliphatic heterocycles. The zero-order chi connectivity index (χ0) is 52.9. The number of aliphatic hydroxyl groups excluding tert-OH is 2. The van der Waals surface area contributed by atoms with Crippen LogP contribution in [0.2, 0.25) is 0 Å². The molecule has 2 atom stereocenters. The molecule has 73 heavy (non-hydrogen) atoms. The monoisotopic (exact) mass is 1030 g/mol. The number of hydrogen-bond donors (Lipinski definition) is 3. The van der Waals surface area contributed by atoms with E-state index in [1.165, 1.54) is 308 Å². The average molecular weight is 1030 g/mol. The summed E-state index contributed by atoms with van der Waals surface area (Å²) in [5.41, 5.74) is 0. The van der Waals surface area contributed by atoms with Gasteiger partial charge in [-0.25, -0.2) is 0 Å². The molecule has 0 fully saturated rings. The summed E-state index contributed by atoms with van der Waals surface area (Å²) in [4.78, 5) is 24.5. The Morgan fingerprint density at radius 1 is 0.370 bits per heavy atom. The number of rotatable bonds is 63. The molecule has 0 aromatic rings. The van der Waals surface area contributed by atoms with Crippen LogP contribution in [0.5, 0.6) is 0 Å². The van der Waals surface area contributed by atoms with Gasteiger partial charge in [-0.1, -0.05) is 328 Å². The van der Waals surface area contributed by atoms with Crippen molar-refractivity contribution in [2.45, 2.75) is 392 Å². The van der Waals surface area contributed by atoms with Crippen molar-refractivity contribution in [1.82, 2.24) is 5.32 Å². The standard InChI is InChI=1S/C67H131NO5/c1-3-5-7-9-11-13-15-16-17-18-19-20-21-22-23-24-27-30-33-36-40-43-47-51-55-59-65(70)64(63-69)68-66(71)60-56-52-48-44-41-37-34-31-28-25-26-29-32-35-38-42-46-50-54-58-62-73-67(72)61-57-53-49-45-39-14-12-10-8-6-4-2/h25,28,64-65,69-70H,3-24,26-27,29-63H2,1-2H3,(H,68,71)/b28-25-. The summed E-state index contributed by atoms with van der Waals surface area (Å²) in [5.74, 6) is -0.0317. The molecule has 0 aromatic heterocycles. The van der Waals surface area contributed by atoms with Crippen molar-refractivity contribution < 1.29 is 24.5 Å². The van der Waals surface area contributed by atoms with Gasteiger partial charge in [0.15, 0.2) is 0 Å². The van der Waals surface area contributed by atoms with E-state index in [4.69, 9.17) is 4.74 Å². The van der Waals surface area contributed by atoms with E-state index in [-0.39, 0.29) is 18.5 Å². The summed E-state index contributed by atoms with van der Waals surface area (Å²) in [6.07, 6.45) is 76.7. The molecule has 0 bridgehead atoms. The van der Waals surface area contributed by atoms with E-state index in [9.17, 15) is 19.8 Å². The maximum absolute atomic E-state index is 12.5. The fourth-order valence-corrected chi connectivity index (χ4v) is 10.7. The van der Waals surface area contributed by atoms with Gasteiger partial charge in [0.05, 0.1) is 25.4 Å². The number of aliphatic hydroxyl groups is 2. The molecule has 0 saturated heterocycles. The number of carbonyl (C=O) groups is 2. The molecule has 0 saturated carbocycles. The number of allylic oxidation sites excluding steroid dienone is 2. The Hall–Kier alpha value is -1.40. The van der Waals surface area contributed by atoms with Gasteiger partial charge in [-0.05, 0) is 51.4 Å². The Morgan fingerprint density at radius 2 is 0.644 bits per heavy atom. The van der Waals surface area contributed by atoms with E-state index < -0.39 is 12.1 Å². The summed E-state index contributed by atoms with van der Waals surface area (Å²) in [6.45, 7) is 4.97. The fourth-order valence-electron chi connectivity index (χ4n) is 10.7. The maximum Gasteiger partial charge on any atom is 0.305 e. The highest BCUT2D eigenvalue weighted by Crippen LogP contribution is 2.19. The van der Waals surface area contributed by atoms with Crippen LogP contribution in [0.15, 0.2) is 12.2 Å². The largest absolute Gasteiger partial charge is 0.466 e. The van der Waals surface area contributed by atoms with Gasteiger partial charge in [0.1, 0.15) is 0 Å². The van der Waals surface area contributed by atoms with E-state index >= 15 is 0 Å². The summed E-state index contributed by atoms with van der Waals surface area (Å²) >= 11 is 0. The first-order valence-corrected chi connectivity index (χ1v) is 33.4. The van der Waals surface area contributed by atoms with Crippen LogP contribution in [0.25, 0.3) is 0 Å². The first-order valence-electron chi connectivity index (χ1n) is 33.4. The maximum atomic E-state index is 12.5. The van der Waals surface area contributed by atoms with Crippen LogP contribution in [0.4, 0.5) is 0 Å². The molecule has 0 aromatic carbocycles. The number of carbonyl (C=O) groups excluding carboxylic acids is 2. The number of hydrogen-bond acceptors (Lipinski definition) is 5. The van der Waals surface area contributed by atoms with Crippen molar-refractivity contribution in [2.75, 3.05) is 13.2 Å². The molecule has 3 N–H and O–H groups in total. The molecule has 6 heteroatoms. The molecular formula is C67H131NO5. The molecule has 0 aliphatic carbocycles. The van der Waals surface area contributed by atoms with Crippen molar-refractivity contribution in [3.63, 3.8) is 0 Å². The second-order valence-electron chi connectivity index (χ2n) is 23.2. The third kappa shape index (κ3) is 59.7. The van der Waals surface area contributed by atoms with Crippen LogP contribution < -0.4 is 5.32 Å². The van der Waals surface area contributed by atoms with Crippen molar-refractivity contribution in [3.8, 4) is 0 Å². The molecular weight excluding hydrogens is 899 g/mol. The van der Waals surface area contributed by atoms with Crippen LogP contribution in [0.3, 0.4) is 0 Å². The van der Waals surface area contributed by atoms with Gasteiger partial charge < -0.3 is 20.3 Å². The van der Waals surface area contributed by atoms with Crippen molar-refractivity contribution in [3.05, 3.63) is 12.2 Å². The smallest absolute Gasteiger partial charge is 0.305 e. The summed E-state index contributed by atoms with van der Waals surface area (Å²) in [5, 5.41) is 23.4. The second kappa shape index (κ2) is 63.1. The van der Waals surface area contributed by atoms with Gasteiger partial charge in [0.2, 0.25) is 5.91 Å². The number of nitrogens with one attached hydrogen (secondary N) is 1. The van der Waals surface area contributed by atoms with E-state index in [1.54, 1.807) is 0 Å². The highest BCUT2D eigenvalue weighted by Gasteiger charge is 2.20. The summed E-state index contributed by atoms with van der Waals surface area (Å²) in [7, 11) is 0. The number of amides is 1. The van der Waals surface area contributed by atoms with Crippen molar-refractivity contribution in [2.24, 2.45) is 0 Å². The molecule has 0 heterocycles. The van der Waals surface area contributed by atoms with Crippen LogP contribution in [-0.4, -0.2) is 47.4 Å². The Balaban J connectivity index is 3.42. The Morgan fingerprint density at radius 3 is 0.973 bits per heavy atom. The van der Waals surface area contributed by atoms with Gasteiger partial charge in [-0.15, -0.1) is 0 Å². The highest BCUT2D eigenvalue weighted by molar-refractivity contribution is 5.76. The molecule has 0 radical (unpaired) electrons. The zero-order valence-electron chi connectivity index (χ0n) is 49.6. The Bertz CT molecular complexity index is 1100. The SMILES string of the molecule is CCCCCCCCCCCCCCCCCCCCCCCCCCCC(O)C(CO)NC(=O)CCCCCCCCC/C=C\CCCCCCCCCCCOC(=O)CCCCCCCCCCCCC. The third-order valence-corrected chi connectivity index (χ3v) is 15.8. The lowest BCUT2D eigenvalue weighted by Gasteiger charge is -2.22. The lowest BCUT2D eigenvalue weighted by Crippen LogP contribution is -2.45. The predicted molar refractivity (Wildman–Crippen MR) is 320 cm³/mol. The first kappa shape index (κ1) is 71.6. The van der Waals surface area contributed by atoms with Crippen LogP contribution in [0.1, 0.15) is 380 Å². The van der Waals surface area contributed by atoms with Gasteiger partial charge in [0.25, 0.3) is 0 Å². The molecule has 6 nitrogen and oxygen atoms in total. The summed E-state index contributed by atoms with van der Waals surface area (Å²) in [6, 6.07) is -0.548. The first-order chi connectivity index (χ1) is 36.0. The normalized spacial score (nSPS) is 12.5. The van der Waals surface area contributed by atoms with E-state index in [1.807, 2.05) is 0 Å². The van der Waals surface area contributed by atoms with Gasteiger partial charge in [-0.3, -0.25) is 9.59 Å². The molecule has 0 rings (SSSR count). The average Bonchev–Trinajstić information content (AvgIpc) is 3.39. The third-order valence-electron chi connectivity index (χ3n) is 15.8. The number of ether oxygens (including phenoxy) is 1. The minimum atomic E-state index is -0.671. The Kier molecular flexibility index (Phi) is 61.9. The van der Waals surface area contributed by atoms with Crippen LogP contribution in [-0.2, 0) is 14.3 Å². The summed E-state index contributed by atoms with van der Waals surface area (Å²) < 4.78 is 5.46. The van der Waals surface area contributed by atoms with E-state index in [0.29, 0.717) is 25.9 Å². The minimum Gasteiger partial charge on any atom is -0.466 e. The van der Waals surface area contributed by atoms with Gasteiger partial charge >= 0.3 is 5.97 Å². The lowest BCUT2D eigenvalue weighted by atomic mass is 10.0. The van der Waals surface area contributed by atoms with Crippen molar-refractivity contribution in [1.29, 1.82) is 0 Å². The molecule has 1 amide bonds.